The molecule has 0 aliphatic carbocycles. The molecule has 0 saturated carbocycles. The zero-order valence-corrected chi connectivity index (χ0v) is 25.0. The van der Waals surface area contributed by atoms with Crippen LogP contribution in [0.25, 0.3) is 22.6 Å². The third kappa shape index (κ3) is 5.05. The van der Waals surface area contributed by atoms with Crippen LogP contribution in [0.3, 0.4) is 0 Å². The number of benzene rings is 2. The van der Waals surface area contributed by atoms with E-state index in [9.17, 15) is 4.79 Å². The number of alkyl halides is 1. The lowest BCUT2D eigenvalue weighted by atomic mass is 9.91. The van der Waals surface area contributed by atoms with Gasteiger partial charge >= 0.3 is 7.55 Å². The first-order valence-corrected chi connectivity index (χ1v) is 15.1. The summed E-state index contributed by atoms with van der Waals surface area (Å²) in [4.78, 5) is 16.2. The summed E-state index contributed by atoms with van der Waals surface area (Å²) in [5.74, 6) is 1.77. The molecule has 9 nitrogen and oxygen atoms in total. The highest BCUT2D eigenvalue weighted by Gasteiger charge is 2.40. The Kier molecular flexibility index (Phi) is 7.14. The van der Waals surface area contributed by atoms with Gasteiger partial charge in [-0.15, -0.1) is 16.7 Å². The van der Waals surface area contributed by atoms with E-state index in [1.54, 1.807) is 0 Å². The molecule has 11 heteroatoms. The van der Waals surface area contributed by atoms with Crippen molar-refractivity contribution in [3.8, 4) is 17.1 Å². The van der Waals surface area contributed by atoms with Crippen LogP contribution in [0.2, 0.25) is 0 Å². The zero-order chi connectivity index (χ0) is 29.5. The van der Waals surface area contributed by atoms with Crippen molar-refractivity contribution in [3.63, 3.8) is 0 Å². The number of aromatic nitrogens is 4. The summed E-state index contributed by atoms with van der Waals surface area (Å²) in [5.41, 5.74) is 8.00. The number of piperidine rings is 1. The summed E-state index contributed by atoms with van der Waals surface area (Å²) in [6.07, 6.45) is 10.1. The smallest absolute Gasteiger partial charge is 0.378 e. The van der Waals surface area contributed by atoms with Gasteiger partial charge in [0, 0.05) is 48.4 Å². The molecule has 3 aliphatic rings. The van der Waals surface area contributed by atoms with Gasteiger partial charge in [0.15, 0.2) is 0 Å². The molecule has 0 bridgehead atoms. The molecule has 0 unspecified atom stereocenters. The van der Waals surface area contributed by atoms with E-state index in [2.05, 4.69) is 90.5 Å². The Labute approximate surface area is 256 Å². The monoisotopic (exact) mass is 590 g/mol. The van der Waals surface area contributed by atoms with Crippen molar-refractivity contribution < 1.29 is 9.37 Å². The molecular formula is C32H32BClN8O+. The van der Waals surface area contributed by atoms with E-state index < -0.39 is 0 Å². The second-order valence-electron chi connectivity index (χ2n) is 11.2. The third-order valence-electron chi connectivity index (χ3n) is 8.20. The molecule has 4 aromatic rings. The number of fused-ring (bicyclic) bond motifs is 2. The fraction of sp³-hybridized carbons (Fsp3) is 0.250. The summed E-state index contributed by atoms with van der Waals surface area (Å²) >= 11 is 5.70. The average Bonchev–Trinajstić information content (AvgIpc) is 3.79. The fourth-order valence-electron chi connectivity index (χ4n) is 5.99. The van der Waals surface area contributed by atoms with Crippen LogP contribution in [0.4, 0.5) is 11.4 Å². The van der Waals surface area contributed by atoms with E-state index in [4.69, 9.17) is 11.6 Å². The van der Waals surface area contributed by atoms with Crippen molar-refractivity contribution in [2.45, 2.75) is 19.3 Å². The Bertz CT molecular complexity index is 1770. The van der Waals surface area contributed by atoms with Crippen molar-refractivity contribution in [1.29, 1.82) is 0 Å². The molecule has 0 spiro atoms. The molecule has 1 N–H and O–H groups in total. The number of hydrogen-bond donors (Lipinski definition) is 1. The van der Waals surface area contributed by atoms with Crippen molar-refractivity contribution in [2.24, 2.45) is 0 Å². The van der Waals surface area contributed by atoms with Gasteiger partial charge in [-0.3, -0.25) is 14.2 Å². The standard InChI is InChI=1S/C32H31BClN8O/c1-38(2)25-12-8-22(9-13-25)26-21-40(37-36-26)31-17-15-28-32(23-6-10-24(11-7-23)35-29(43)20-34)27-14-16-30(41(27)33-42(28)31)39-18-4-3-5-19-39/h6-17,21H,3-5,18-20H2,1-2H3/p+1. The number of rotatable bonds is 6. The Morgan fingerprint density at radius 2 is 1.72 bits per heavy atom. The molecule has 1 radical (unpaired) electrons. The molecule has 1 amide bonds. The Morgan fingerprint density at radius 3 is 2.44 bits per heavy atom. The predicted octanol–water partition coefficient (Wildman–Crippen LogP) is 4.60. The maximum Gasteiger partial charge on any atom is 0.553 e. The summed E-state index contributed by atoms with van der Waals surface area (Å²) in [5, 5.41) is 11.9. The highest BCUT2D eigenvalue weighted by atomic mass is 35.5. The number of halogens is 1. The van der Waals surface area contributed by atoms with E-state index in [1.165, 1.54) is 25.1 Å². The van der Waals surface area contributed by atoms with Gasteiger partial charge < -0.3 is 14.7 Å². The number of allylic oxidation sites excluding steroid dienone is 1. The molecule has 0 atom stereocenters. The number of nitrogens with one attached hydrogen (secondary N) is 1. The normalized spacial score (nSPS) is 15.8. The highest BCUT2D eigenvalue weighted by Crippen LogP contribution is 2.37. The summed E-state index contributed by atoms with van der Waals surface area (Å²) in [6.45, 7) is 2.10. The van der Waals surface area contributed by atoms with Crippen LogP contribution in [0.1, 0.15) is 30.5 Å². The number of amides is 1. The zero-order valence-electron chi connectivity index (χ0n) is 24.2. The van der Waals surface area contributed by atoms with Crippen molar-refractivity contribution in [1.82, 2.24) is 24.3 Å². The van der Waals surface area contributed by atoms with Crippen molar-refractivity contribution in [2.75, 3.05) is 43.3 Å². The SMILES string of the molecule is CN(C)c1ccc(-c2cn(-c3ccc4n3[B]N3C(=C4c4ccc(NC(=O)CCl)cc4)C=CC3=[N+]3CCCCC3)nn2)cc1. The second-order valence-corrected chi connectivity index (χ2v) is 11.4. The van der Waals surface area contributed by atoms with Crippen LogP contribution in [0.5, 0.6) is 0 Å². The fourth-order valence-corrected chi connectivity index (χ4v) is 6.06. The van der Waals surface area contributed by atoms with Gasteiger partial charge in [-0.05, 0) is 67.3 Å². The summed E-state index contributed by atoms with van der Waals surface area (Å²) in [7, 11) is 6.22. The van der Waals surface area contributed by atoms with Crippen LogP contribution in [-0.2, 0) is 4.79 Å². The van der Waals surface area contributed by atoms with Crippen LogP contribution in [0.15, 0.2) is 84.7 Å². The van der Waals surface area contributed by atoms with Gasteiger partial charge in [-0.2, -0.15) is 0 Å². The quantitative estimate of drug-likeness (QED) is 0.202. The summed E-state index contributed by atoms with van der Waals surface area (Å²) < 4.78 is 6.50. The molecule has 7 rings (SSSR count). The van der Waals surface area contributed by atoms with Gasteiger partial charge in [0.1, 0.15) is 23.1 Å². The first-order chi connectivity index (χ1) is 21.0. The molecule has 2 aromatic carbocycles. The molecule has 5 heterocycles. The summed E-state index contributed by atoms with van der Waals surface area (Å²) in [6, 6.07) is 20.5. The molecule has 3 aliphatic heterocycles. The highest BCUT2D eigenvalue weighted by molar-refractivity contribution is 6.40. The van der Waals surface area contributed by atoms with E-state index >= 15 is 0 Å². The van der Waals surface area contributed by atoms with Gasteiger partial charge in [0.2, 0.25) is 5.91 Å². The molecule has 1 saturated heterocycles. The van der Waals surface area contributed by atoms with Crippen LogP contribution < -0.4 is 10.2 Å². The maximum absolute atomic E-state index is 11.8. The van der Waals surface area contributed by atoms with Crippen LogP contribution in [0, 0.1) is 0 Å². The second kappa shape index (κ2) is 11.3. The Hall–Kier alpha value is -4.57. The van der Waals surface area contributed by atoms with E-state index in [0.29, 0.717) is 5.69 Å². The first-order valence-electron chi connectivity index (χ1n) is 14.6. The minimum Gasteiger partial charge on any atom is -0.378 e. The molecule has 2 aromatic heterocycles. The lowest BCUT2D eigenvalue weighted by molar-refractivity contribution is -0.539. The van der Waals surface area contributed by atoms with Crippen LogP contribution in [-0.4, -0.2) is 81.2 Å². The first kappa shape index (κ1) is 27.3. The van der Waals surface area contributed by atoms with Gasteiger partial charge in [0.25, 0.3) is 5.84 Å². The number of hydrogen-bond acceptors (Lipinski definition) is 4. The van der Waals surface area contributed by atoms with Crippen LogP contribution >= 0.6 is 11.6 Å². The number of amidine groups is 1. The minimum absolute atomic E-state index is 0.0799. The van der Waals surface area contributed by atoms with Gasteiger partial charge in [0.05, 0.1) is 19.3 Å². The molecule has 43 heavy (non-hydrogen) atoms. The van der Waals surface area contributed by atoms with Crippen molar-refractivity contribution >= 4 is 47.8 Å². The lowest BCUT2D eigenvalue weighted by Gasteiger charge is -2.27. The topological polar surface area (TPSA) is 74.2 Å². The number of nitrogens with zero attached hydrogens (tertiary/aromatic N) is 7. The number of carbonyl (C=O) groups excluding carboxylic acids is 1. The van der Waals surface area contributed by atoms with Crippen molar-refractivity contribution in [3.05, 3.63) is 96.0 Å². The molecule has 1 fully saturated rings. The van der Waals surface area contributed by atoms with E-state index in [-0.39, 0.29) is 11.8 Å². The molecular weight excluding hydrogens is 559 g/mol. The van der Waals surface area contributed by atoms with Gasteiger partial charge in [-0.1, -0.05) is 29.5 Å². The number of carbonyl (C=O) groups is 1. The molecule has 215 valence electrons. The predicted molar refractivity (Wildman–Crippen MR) is 172 cm³/mol. The average molecular weight is 591 g/mol. The van der Waals surface area contributed by atoms with Gasteiger partial charge in [-0.25, -0.2) is 4.68 Å². The Morgan fingerprint density at radius 1 is 0.977 bits per heavy atom. The van der Waals surface area contributed by atoms with E-state index in [0.717, 1.165) is 58.4 Å². The minimum atomic E-state index is -0.228. The third-order valence-corrected chi connectivity index (χ3v) is 8.45. The lowest BCUT2D eigenvalue weighted by Crippen LogP contribution is -2.43. The number of anilines is 2. The maximum atomic E-state index is 11.8. The Balaban J connectivity index is 1.29. The van der Waals surface area contributed by atoms with E-state index in [1.807, 2.05) is 49.2 Å². The largest absolute Gasteiger partial charge is 0.553 e.